The van der Waals surface area contributed by atoms with E-state index in [4.69, 9.17) is 19.5 Å². The van der Waals surface area contributed by atoms with Gasteiger partial charge >= 0.3 is 19.5 Å². The fourth-order valence-corrected chi connectivity index (χ4v) is 4.39. The standard InChI is InChI=1S/C13H25N4O7P/c1-2-7-25(22,23-16-5-3-14-10(8-16)12(18)19)24-17-6-4-15-11(9-17)13(20)21/h10-11,14-15H,2-9H2,1H3,(H,18,19)(H,20,21). The molecule has 12 heteroatoms. The Morgan fingerprint density at radius 2 is 1.48 bits per heavy atom. The second-order valence-corrected chi connectivity index (χ2v) is 7.96. The van der Waals surface area contributed by atoms with Crippen LogP contribution in [0.4, 0.5) is 0 Å². The van der Waals surface area contributed by atoms with Crippen molar-refractivity contribution >= 4 is 19.5 Å². The van der Waals surface area contributed by atoms with Gasteiger partial charge in [-0.15, -0.1) is 0 Å². The van der Waals surface area contributed by atoms with Gasteiger partial charge in [0.05, 0.1) is 19.3 Å². The number of aliphatic carboxylic acids is 2. The summed E-state index contributed by atoms with van der Waals surface area (Å²) in [4.78, 5) is 22.2. The number of nitrogens with one attached hydrogen (secondary N) is 2. The molecule has 2 heterocycles. The van der Waals surface area contributed by atoms with E-state index in [0.717, 1.165) is 0 Å². The maximum Gasteiger partial charge on any atom is 0.363 e. The highest BCUT2D eigenvalue weighted by Gasteiger charge is 2.36. The molecule has 2 fully saturated rings. The molecule has 2 rings (SSSR count). The molecule has 2 saturated heterocycles. The molecule has 0 amide bonds. The van der Waals surface area contributed by atoms with Gasteiger partial charge in [0.1, 0.15) is 12.1 Å². The van der Waals surface area contributed by atoms with Gasteiger partial charge in [-0.2, -0.15) is 10.1 Å². The van der Waals surface area contributed by atoms with Crippen LogP contribution >= 0.6 is 7.60 Å². The molecular weight excluding hydrogens is 355 g/mol. The Morgan fingerprint density at radius 3 is 1.84 bits per heavy atom. The minimum atomic E-state index is -3.56. The number of hydrogen-bond donors (Lipinski definition) is 4. The highest BCUT2D eigenvalue weighted by molar-refractivity contribution is 7.53. The quantitative estimate of drug-likeness (QED) is 0.392. The largest absolute Gasteiger partial charge is 0.480 e. The summed E-state index contributed by atoms with van der Waals surface area (Å²) in [5.74, 6) is -2.02. The average molecular weight is 380 g/mol. The molecule has 0 aromatic carbocycles. The van der Waals surface area contributed by atoms with E-state index in [1.807, 2.05) is 6.92 Å². The molecule has 2 aliphatic heterocycles. The molecule has 0 spiro atoms. The molecule has 11 nitrogen and oxygen atoms in total. The Labute approximate surface area is 145 Å². The van der Waals surface area contributed by atoms with E-state index in [9.17, 15) is 14.2 Å². The summed E-state index contributed by atoms with van der Waals surface area (Å²) in [7, 11) is -3.56. The summed E-state index contributed by atoms with van der Waals surface area (Å²) < 4.78 is 24.1. The van der Waals surface area contributed by atoms with E-state index >= 15 is 0 Å². The average Bonchev–Trinajstić information content (AvgIpc) is 2.55. The van der Waals surface area contributed by atoms with Gasteiger partial charge in [0.25, 0.3) is 0 Å². The molecule has 0 aromatic rings. The van der Waals surface area contributed by atoms with Crippen LogP contribution in [0.15, 0.2) is 0 Å². The number of carboxylic acid groups (broad SMARTS) is 2. The second kappa shape index (κ2) is 9.04. The van der Waals surface area contributed by atoms with Crippen molar-refractivity contribution in [3.63, 3.8) is 0 Å². The molecule has 2 unspecified atom stereocenters. The molecule has 2 aliphatic rings. The number of carboxylic acids is 2. The van der Waals surface area contributed by atoms with Crippen molar-refractivity contribution in [2.45, 2.75) is 25.4 Å². The van der Waals surface area contributed by atoms with Gasteiger partial charge in [-0.3, -0.25) is 14.2 Å². The number of hydrogen-bond acceptors (Lipinski definition) is 9. The molecule has 0 radical (unpaired) electrons. The number of rotatable bonds is 8. The Balaban J connectivity index is 1.98. The van der Waals surface area contributed by atoms with Gasteiger partial charge in [-0.25, -0.2) is 9.25 Å². The number of carbonyl (C=O) groups is 2. The lowest BCUT2D eigenvalue weighted by Crippen LogP contribution is -2.55. The van der Waals surface area contributed by atoms with Crippen LogP contribution in [0.1, 0.15) is 13.3 Å². The van der Waals surface area contributed by atoms with Crippen molar-refractivity contribution in [2.24, 2.45) is 0 Å². The lowest BCUT2D eigenvalue weighted by atomic mass is 10.2. The third kappa shape index (κ3) is 6.00. The van der Waals surface area contributed by atoms with Crippen molar-refractivity contribution in [3.05, 3.63) is 0 Å². The van der Waals surface area contributed by atoms with Crippen molar-refractivity contribution < 1.29 is 33.6 Å². The van der Waals surface area contributed by atoms with Crippen LogP contribution in [0.3, 0.4) is 0 Å². The van der Waals surface area contributed by atoms with Gasteiger partial charge in [-0.05, 0) is 6.42 Å². The molecule has 0 saturated carbocycles. The Kier molecular flexibility index (Phi) is 7.32. The Bertz CT molecular complexity index is 495. The predicted molar refractivity (Wildman–Crippen MR) is 86.9 cm³/mol. The monoisotopic (exact) mass is 380 g/mol. The van der Waals surface area contributed by atoms with Crippen molar-refractivity contribution in [1.29, 1.82) is 0 Å². The van der Waals surface area contributed by atoms with Gasteiger partial charge in [0, 0.05) is 26.2 Å². The van der Waals surface area contributed by atoms with Gasteiger partial charge in [0.15, 0.2) is 0 Å². The third-order valence-corrected chi connectivity index (χ3v) is 5.80. The first-order valence-electron chi connectivity index (χ1n) is 8.23. The number of piperazine rings is 2. The molecule has 4 N–H and O–H groups in total. The van der Waals surface area contributed by atoms with Crippen LogP contribution in [-0.4, -0.2) is 89.8 Å². The topological polar surface area (TPSA) is 141 Å². The minimum Gasteiger partial charge on any atom is -0.480 e. The second-order valence-electron chi connectivity index (χ2n) is 5.96. The zero-order valence-electron chi connectivity index (χ0n) is 14.1. The first-order valence-corrected chi connectivity index (χ1v) is 9.96. The predicted octanol–water partition coefficient (Wildman–Crippen LogP) is -0.830. The van der Waals surface area contributed by atoms with E-state index in [1.54, 1.807) is 0 Å². The van der Waals surface area contributed by atoms with Crippen molar-refractivity contribution in [1.82, 2.24) is 20.8 Å². The van der Waals surface area contributed by atoms with Crippen LogP contribution in [0.25, 0.3) is 0 Å². The van der Waals surface area contributed by atoms with Gasteiger partial charge in [0.2, 0.25) is 0 Å². The molecule has 0 aliphatic carbocycles. The van der Waals surface area contributed by atoms with Crippen LogP contribution in [0, 0.1) is 0 Å². The van der Waals surface area contributed by atoms with Gasteiger partial charge < -0.3 is 20.8 Å². The van der Waals surface area contributed by atoms with Crippen LogP contribution < -0.4 is 10.6 Å². The highest BCUT2D eigenvalue weighted by atomic mass is 31.2. The minimum absolute atomic E-state index is 0.0473. The zero-order valence-corrected chi connectivity index (χ0v) is 15.0. The molecule has 0 aromatic heterocycles. The summed E-state index contributed by atoms with van der Waals surface area (Å²) in [6.07, 6.45) is 0.691. The normalized spacial score (nSPS) is 28.4. The van der Waals surface area contributed by atoms with Crippen molar-refractivity contribution in [3.8, 4) is 0 Å². The highest BCUT2D eigenvalue weighted by Crippen LogP contribution is 2.50. The first kappa shape index (κ1) is 20.2. The maximum atomic E-state index is 13.0. The number of hydroxylamine groups is 4. The summed E-state index contributed by atoms with van der Waals surface area (Å²) in [6.45, 7) is 3.45. The van der Waals surface area contributed by atoms with Crippen molar-refractivity contribution in [2.75, 3.05) is 45.4 Å². The zero-order chi connectivity index (χ0) is 18.4. The maximum absolute atomic E-state index is 13.0. The smallest absolute Gasteiger partial charge is 0.363 e. The fourth-order valence-electron chi connectivity index (χ4n) is 2.65. The van der Waals surface area contributed by atoms with E-state index < -0.39 is 31.6 Å². The van der Waals surface area contributed by atoms with Crippen LogP contribution in [0.2, 0.25) is 0 Å². The Hall–Kier alpha value is -1.07. The van der Waals surface area contributed by atoms with Crippen LogP contribution in [-0.2, 0) is 23.4 Å². The summed E-state index contributed by atoms with van der Waals surface area (Å²) in [6, 6.07) is -1.61. The number of nitrogens with zero attached hydrogens (tertiary/aromatic N) is 2. The molecular formula is C13H25N4O7P. The lowest BCUT2D eigenvalue weighted by Gasteiger charge is -2.36. The molecule has 25 heavy (non-hydrogen) atoms. The molecule has 0 bridgehead atoms. The van der Waals surface area contributed by atoms with E-state index in [-0.39, 0.29) is 19.3 Å². The SMILES string of the molecule is CCCP(=O)(ON1CCNC(C(=O)O)C1)ON1CCNC(C(=O)O)C1. The molecule has 2 atom stereocenters. The Morgan fingerprint density at radius 1 is 1.04 bits per heavy atom. The summed E-state index contributed by atoms with van der Waals surface area (Å²) >= 11 is 0. The third-order valence-electron chi connectivity index (χ3n) is 3.85. The lowest BCUT2D eigenvalue weighted by molar-refractivity contribution is -0.158. The summed E-state index contributed by atoms with van der Waals surface area (Å²) in [5.41, 5.74) is 0. The first-order chi connectivity index (χ1) is 11.8. The molecule has 144 valence electrons. The van der Waals surface area contributed by atoms with E-state index in [2.05, 4.69) is 10.6 Å². The van der Waals surface area contributed by atoms with E-state index in [0.29, 0.717) is 32.6 Å². The van der Waals surface area contributed by atoms with E-state index in [1.165, 1.54) is 10.1 Å². The summed E-state index contributed by atoms with van der Waals surface area (Å²) in [5, 5.41) is 26.5. The van der Waals surface area contributed by atoms with Gasteiger partial charge in [-0.1, -0.05) is 6.92 Å². The fraction of sp³-hybridized carbons (Fsp3) is 0.846. The van der Waals surface area contributed by atoms with Crippen LogP contribution in [0.5, 0.6) is 0 Å².